The second-order valence-corrected chi connectivity index (χ2v) is 4.01. The lowest BCUT2D eigenvalue weighted by molar-refractivity contribution is -0.138. The quantitative estimate of drug-likeness (QED) is 0.918. The molecule has 1 aromatic carbocycles. The van der Waals surface area contributed by atoms with Gasteiger partial charge < -0.3 is 5.11 Å². The van der Waals surface area contributed by atoms with Crippen LogP contribution >= 0.6 is 15.9 Å². The number of carboxylic acid groups (broad SMARTS) is 1. The first-order valence-corrected chi connectivity index (χ1v) is 5.05. The van der Waals surface area contributed by atoms with E-state index in [0.717, 1.165) is 4.47 Å². The van der Waals surface area contributed by atoms with Gasteiger partial charge in [-0.1, -0.05) is 28.1 Å². The monoisotopic (exact) mass is 278 g/mol. The number of hydrogen-bond donors (Lipinski definition) is 1. The first-order valence-electron chi connectivity index (χ1n) is 4.26. The summed E-state index contributed by atoms with van der Waals surface area (Å²) in [5, 5.41) is 8.51. The van der Waals surface area contributed by atoms with Gasteiger partial charge in [-0.25, -0.2) is 8.78 Å². The van der Waals surface area contributed by atoms with Gasteiger partial charge in [0.2, 0.25) is 6.43 Å². The van der Waals surface area contributed by atoms with E-state index in [2.05, 4.69) is 15.9 Å². The Labute approximate surface area is 94.0 Å². The Morgan fingerprint density at radius 1 is 1.33 bits per heavy atom. The lowest BCUT2D eigenvalue weighted by Gasteiger charge is -2.13. The molecule has 0 amide bonds. The van der Waals surface area contributed by atoms with Crippen molar-refractivity contribution in [2.45, 2.75) is 18.8 Å². The topological polar surface area (TPSA) is 37.3 Å². The summed E-state index contributed by atoms with van der Waals surface area (Å²) >= 11 is 3.18. The third-order valence-electron chi connectivity index (χ3n) is 2.00. The summed E-state index contributed by atoms with van der Waals surface area (Å²) in [5.74, 6) is -2.46. The molecule has 1 atom stereocenters. The van der Waals surface area contributed by atoms with E-state index >= 15 is 0 Å². The molecule has 2 nitrogen and oxygen atoms in total. The molecule has 1 rings (SSSR count). The fourth-order valence-corrected chi connectivity index (χ4v) is 1.51. The van der Waals surface area contributed by atoms with E-state index in [1.54, 1.807) is 12.1 Å². The molecule has 82 valence electrons. The smallest absolute Gasteiger partial charge is 0.304 e. The molecule has 15 heavy (non-hydrogen) atoms. The molecule has 0 fully saturated rings. The standard InChI is InChI=1S/C10H9BrF2O2/c11-7-3-1-6(2-4-7)8(10(12)13)5-9(14)15/h1-4,8,10H,5H2,(H,14,15). The predicted octanol–water partition coefficient (Wildman–Crippen LogP) is 3.27. The number of carbonyl (C=O) groups is 1. The van der Waals surface area contributed by atoms with Crippen LogP contribution < -0.4 is 0 Å². The van der Waals surface area contributed by atoms with E-state index in [1.165, 1.54) is 12.1 Å². The Bertz CT molecular complexity index is 338. The minimum atomic E-state index is -2.66. The summed E-state index contributed by atoms with van der Waals surface area (Å²) in [7, 11) is 0. The maximum Gasteiger partial charge on any atom is 0.304 e. The second kappa shape index (κ2) is 5.21. The molecule has 0 heterocycles. The van der Waals surface area contributed by atoms with Gasteiger partial charge in [0.15, 0.2) is 0 Å². The molecule has 5 heteroatoms. The number of halogens is 3. The van der Waals surface area contributed by atoms with Crippen LogP contribution in [0.15, 0.2) is 28.7 Å². The van der Waals surface area contributed by atoms with E-state index in [-0.39, 0.29) is 0 Å². The van der Waals surface area contributed by atoms with Crippen LogP contribution in [0.2, 0.25) is 0 Å². The highest BCUT2D eigenvalue weighted by atomic mass is 79.9. The van der Waals surface area contributed by atoms with Crippen LogP contribution in [0.4, 0.5) is 8.78 Å². The number of rotatable bonds is 4. The van der Waals surface area contributed by atoms with Crippen LogP contribution in [-0.4, -0.2) is 17.5 Å². The Morgan fingerprint density at radius 3 is 2.27 bits per heavy atom. The van der Waals surface area contributed by atoms with Crippen molar-refractivity contribution in [2.24, 2.45) is 0 Å². The normalized spacial score (nSPS) is 12.8. The van der Waals surface area contributed by atoms with Crippen molar-refractivity contribution < 1.29 is 18.7 Å². The van der Waals surface area contributed by atoms with Crippen LogP contribution in [0.3, 0.4) is 0 Å². The lowest BCUT2D eigenvalue weighted by Crippen LogP contribution is -2.13. The second-order valence-electron chi connectivity index (χ2n) is 3.09. The highest BCUT2D eigenvalue weighted by Gasteiger charge is 2.24. The van der Waals surface area contributed by atoms with Crippen molar-refractivity contribution in [3.05, 3.63) is 34.3 Å². The Morgan fingerprint density at radius 2 is 1.87 bits per heavy atom. The van der Waals surface area contributed by atoms with Crippen molar-refractivity contribution >= 4 is 21.9 Å². The van der Waals surface area contributed by atoms with Gasteiger partial charge in [-0.2, -0.15) is 0 Å². The molecule has 0 aliphatic carbocycles. The van der Waals surface area contributed by atoms with Crippen LogP contribution in [0.25, 0.3) is 0 Å². The summed E-state index contributed by atoms with van der Waals surface area (Å²) in [6, 6.07) is 6.24. The van der Waals surface area contributed by atoms with E-state index in [1.807, 2.05) is 0 Å². The van der Waals surface area contributed by atoms with E-state index in [0.29, 0.717) is 5.56 Å². The molecule has 0 saturated carbocycles. The molecule has 0 saturated heterocycles. The molecule has 0 radical (unpaired) electrons. The predicted molar refractivity (Wildman–Crippen MR) is 55.1 cm³/mol. The Hall–Kier alpha value is -0.970. The maximum absolute atomic E-state index is 12.6. The molecule has 1 aromatic rings. The van der Waals surface area contributed by atoms with Crippen molar-refractivity contribution in [2.75, 3.05) is 0 Å². The highest BCUT2D eigenvalue weighted by molar-refractivity contribution is 9.10. The number of alkyl halides is 2. The largest absolute Gasteiger partial charge is 0.481 e. The van der Waals surface area contributed by atoms with Crippen molar-refractivity contribution in [1.82, 2.24) is 0 Å². The summed E-state index contributed by atoms with van der Waals surface area (Å²) in [4.78, 5) is 10.4. The number of aliphatic carboxylic acids is 1. The summed E-state index contributed by atoms with van der Waals surface area (Å²) in [6.07, 6.45) is -3.22. The molecular weight excluding hydrogens is 270 g/mol. The van der Waals surface area contributed by atoms with Crippen molar-refractivity contribution in [1.29, 1.82) is 0 Å². The zero-order valence-corrected chi connectivity index (χ0v) is 9.25. The third kappa shape index (κ3) is 3.58. The molecule has 0 aliphatic rings. The number of carboxylic acids is 1. The zero-order valence-electron chi connectivity index (χ0n) is 7.66. The molecule has 0 aliphatic heterocycles. The van der Waals surface area contributed by atoms with Gasteiger partial charge >= 0.3 is 5.97 Å². The van der Waals surface area contributed by atoms with Crippen LogP contribution in [-0.2, 0) is 4.79 Å². The van der Waals surface area contributed by atoms with Gasteiger partial charge in [-0.3, -0.25) is 4.79 Å². The summed E-state index contributed by atoms with van der Waals surface area (Å²) < 4.78 is 25.9. The van der Waals surface area contributed by atoms with Crippen LogP contribution in [0, 0.1) is 0 Å². The third-order valence-corrected chi connectivity index (χ3v) is 2.53. The minimum absolute atomic E-state index is 0.343. The van der Waals surface area contributed by atoms with Gasteiger partial charge in [0.1, 0.15) is 0 Å². The molecular formula is C10H9BrF2O2. The first-order chi connectivity index (χ1) is 7.00. The number of benzene rings is 1. The lowest BCUT2D eigenvalue weighted by atomic mass is 9.96. The van der Waals surface area contributed by atoms with Gasteiger partial charge in [0.25, 0.3) is 0 Å². The fourth-order valence-electron chi connectivity index (χ4n) is 1.25. The van der Waals surface area contributed by atoms with Gasteiger partial charge in [0, 0.05) is 4.47 Å². The molecule has 1 N–H and O–H groups in total. The van der Waals surface area contributed by atoms with Gasteiger partial charge in [0.05, 0.1) is 12.3 Å². The highest BCUT2D eigenvalue weighted by Crippen LogP contribution is 2.27. The Balaban J connectivity index is 2.88. The molecule has 0 spiro atoms. The van der Waals surface area contributed by atoms with E-state index in [9.17, 15) is 13.6 Å². The van der Waals surface area contributed by atoms with Crippen LogP contribution in [0.5, 0.6) is 0 Å². The Kier molecular flexibility index (Phi) is 4.20. The molecule has 1 unspecified atom stereocenters. The van der Waals surface area contributed by atoms with Crippen LogP contribution in [0.1, 0.15) is 17.9 Å². The average molecular weight is 279 g/mol. The maximum atomic E-state index is 12.6. The number of hydrogen-bond acceptors (Lipinski definition) is 1. The average Bonchev–Trinajstić information content (AvgIpc) is 2.15. The fraction of sp³-hybridized carbons (Fsp3) is 0.300. The van der Waals surface area contributed by atoms with Gasteiger partial charge in [-0.15, -0.1) is 0 Å². The van der Waals surface area contributed by atoms with Crippen molar-refractivity contribution in [3.63, 3.8) is 0 Å². The SMILES string of the molecule is O=C(O)CC(c1ccc(Br)cc1)C(F)F. The van der Waals surface area contributed by atoms with Gasteiger partial charge in [-0.05, 0) is 17.7 Å². The zero-order chi connectivity index (χ0) is 11.4. The summed E-state index contributed by atoms with van der Waals surface area (Å²) in [6.45, 7) is 0. The molecule has 0 bridgehead atoms. The minimum Gasteiger partial charge on any atom is -0.481 e. The summed E-state index contributed by atoms with van der Waals surface area (Å²) in [5.41, 5.74) is 0.343. The molecule has 0 aromatic heterocycles. The van der Waals surface area contributed by atoms with E-state index < -0.39 is 24.7 Å². The van der Waals surface area contributed by atoms with E-state index in [4.69, 9.17) is 5.11 Å². The van der Waals surface area contributed by atoms with Crippen molar-refractivity contribution in [3.8, 4) is 0 Å². The first kappa shape index (κ1) is 12.1.